The quantitative estimate of drug-likeness (QED) is 0.335. The fourth-order valence-corrected chi connectivity index (χ4v) is 9.61. The van der Waals surface area contributed by atoms with Crippen LogP contribution in [0.4, 0.5) is 0 Å². The number of fused-ring (bicyclic) bond motifs is 2. The SMILES string of the molecule is CCOP(=O)(OCC)O[C@H]1CC(C)(C)[C@@H]2CC[C@H]3C[C@H]4C[C@@]3(CC=C4C)[C@@]2(C)C1. The molecule has 0 heterocycles. The second-order valence-electron chi connectivity index (χ2n) is 11.1. The first-order valence-electron chi connectivity index (χ1n) is 11.8. The van der Waals surface area contributed by atoms with Gasteiger partial charge in [0, 0.05) is 0 Å². The molecule has 3 saturated carbocycles. The van der Waals surface area contributed by atoms with Crippen molar-refractivity contribution in [2.45, 2.75) is 92.6 Å². The van der Waals surface area contributed by atoms with E-state index >= 15 is 0 Å². The topological polar surface area (TPSA) is 44.8 Å². The van der Waals surface area contributed by atoms with Crippen LogP contribution in [0.5, 0.6) is 0 Å². The Morgan fingerprint density at radius 1 is 1.07 bits per heavy atom. The minimum atomic E-state index is -3.50. The van der Waals surface area contributed by atoms with Crippen LogP contribution in [-0.2, 0) is 18.1 Å². The summed E-state index contributed by atoms with van der Waals surface area (Å²) in [6.45, 7) is 14.1. The molecule has 0 amide bonds. The maximum Gasteiger partial charge on any atom is 0.475 e. The van der Waals surface area contributed by atoms with Crippen LogP contribution >= 0.6 is 7.82 Å². The summed E-state index contributed by atoms with van der Waals surface area (Å²) in [7, 11) is -3.50. The molecule has 0 N–H and O–H groups in total. The molecule has 0 radical (unpaired) electrons. The van der Waals surface area contributed by atoms with Crippen LogP contribution in [0.2, 0.25) is 0 Å². The lowest BCUT2D eigenvalue weighted by Crippen LogP contribution is -2.59. The zero-order valence-corrected chi connectivity index (χ0v) is 20.2. The van der Waals surface area contributed by atoms with Crippen LogP contribution in [0.3, 0.4) is 0 Å². The van der Waals surface area contributed by atoms with Crippen molar-refractivity contribution in [2.24, 2.45) is 34.0 Å². The molecule has 0 aromatic carbocycles. The van der Waals surface area contributed by atoms with Gasteiger partial charge in [-0.25, -0.2) is 4.57 Å². The van der Waals surface area contributed by atoms with E-state index in [1.165, 1.54) is 32.1 Å². The minimum absolute atomic E-state index is 0.0747. The van der Waals surface area contributed by atoms with Crippen LogP contribution in [0.25, 0.3) is 0 Å². The first-order chi connectivity index (χ1) is 13.6. The lowest BCUT2D eigenvalue weighted by Gasteiger charge is -2.65. The first kappa shape index (κ1) is 22.1. The van der Waals surface area contributed by atoms with Crippen molar-refractivity contribution in [3.05, 3.63) is 11.6 Å². The fourth-order valence-electron chi connectivity index (χ4n) is 8.27. The van der Waals surface area contributed by atoms with Crippen molar-refractivity contribution in [3.63, 3.8) is 0 Å². The Bertz CT molecular complexity index is 706. The van der Waals surface area contributed by atoms with Crippen molar-refractivity contribution < 1.29 is 18.1 Å². The summed E-state index contributed by atoms with van der Waals surface area (Å²) >= 11 is 0. The molecule has 3 fully saturated rings. The summed E-state index contributed by atoms with van der Waals surface area (Å²) in [5.74, 6) is 2.28. The molecule has 0 aromatic heterocycles. The molecular formula is C24H41O4P. The molecule has 6 atom stereocenters. The third-order valence-corrected chi connectivity index (χ3v) is 11.0. The highest BCUT2D eigenvalue weighted by Gasteiger charge is 2.67. The van der Waals surface area contributed by atoms with Gasteiger partial charge in [-0.05, 0) is 99.7 Å². The number of phosphoric acid groups is 1. The van der Waals surface area contributed by atoms with Gasteiger partial charge in [-0.1, -0.05) is 32.4 Å². The van der Waals surface area contributed by atoms with E-state index < -0.39 is 7.82 Å². The van der Waals surface area contributed by atoms with E-state index in [-0.39, 0.29) is 16.9 Å². The van der Waals surface area contributed by atoms with Gasteiger partial charge in [0.2, 0.25) is 0 Å². The third-order valence-electron chi connectivity index (χ3n) is 9.31. The molecule has 4 aliphatic carbocycles. The summed E-state index contributed by atoms with van der Waals surface area (Å²) in [5, 5.41) is 0. The van der Waals surface area contributed by atoms with Crippen molar-refractivity contribution in [3.8, 4) is 0 Å². The van der Waals surface area contributed by atoms with Gasteiger partial charge in [-0.15, -0.1) is 0 Å². The van der Waals surface area contributed by atoms with Crippen LogP contribution in [0.1, 0.15) is 86.5 Å². The summed E-state index contributed by atoms with van der Waals surface area (Å²) in [6, 6.07) is 0. The largest absolute Gasteiger partial charge is 0.475 e. The number of rotatable bonds is 6. The molecule has 4 nitrogen and oxygen atoms in total. The van der Waals surface area contributed by atoms with E-state index in [0.29, 0.717) is 24.5 Å². The Hall–Kier alpha value is -0.150. The molecule has 0 unspecified atom stereocenters. The highest BCUT2D eigenvalue weighted by atomic mass is 31.2. The Morgan fingerprint density at radius 2 is 1.76 bits per heavy atom. The van der Waals surface area contributed by atoms with E-state index in [1.807, 2.05) is 13.8 Å². The summed E-state index contributed by atoms with van der Waals surface area (Å²) in [6.07, 6.45) is 11.0. The summed E-state index contributed by atoms with van der Waals surface area (Å²) < 4.78 is 30.4. The van der Waals surface area contributed by atoms with Gasteiger partial charge in [0.1, 0.15) is 0 Å². The average molecular weight is 425 g/mol. The molecule has 5 heteroatoms. The van der Waals surface area contributed by atoms with Gasteiger partial charge < -0.3 is 0 Å². The smallest absolute Gasteiger partial charge is 0.287 e. The Kier molecular flexibility index (Phi) is 5.68. The van der Waals surface area contributed by atoms with Crippen molar-refractivity contribution >= 4 is 7.82 Å². The van der Waals surface area contributed by atoms with Crippen LogP contribution < -0.4 is 0 Å². The summed E-state index contributed by atoms with van der Waals surface area (Å²) in [5.41, 5.74) is 2.36. The molecule has 0 aromatic rings. The monoisotopic (exact) mass is 424 g/mol. The van der Waals surface area contributed by atoms with Gasteiger partial charge in [0.05, 0.1) is 19.3 Å². The van der Waals surface area contributed by atoms with E-state index in [9.17, 15) is 4.57 Å². The molecule has 4 aliphatic rings. The standard InChI is InChI=1S/C24H41O4P/c1-7-26-29(25,27-8-2)28-20-15-22(4,5)21-10-9-19-13-18-14-24(19,12-11-17(18)3)23(21,6)16-20/h11,18-21H,7-10,12-16H2,1-6H3/t18-,19-,20-,21-,23-,24+/m0/s1. The Morgan fingerprint density at radius 3 is 2.41 bits per heavy atom. The minimum Gasteiger partial charge on any atom is -0.287 e. The zero-order chi connectivity index (χ0) is 21.1. The van der Waals surface area contributed by atoms with E-state index in [0.717, 1.165) is 24.7 Å². The highest BCUT2D eigenvalue weighted by Crippen LogP contribution is 2.74. The van der Waals surface area contributed by atoms with Crippen LogP contribution in [-0.4, -0.2) is 19.3 Å². The van der Waals surface area contributed by atoms with Gasteiger partial charge in [-0.3, -0.25) is 13.6 Å². The normalized spacial score (nSPS) is 43.4. The molecule has 0 aliphatic heterocycles. The number of hydrogen-bond donors (Lipinski definition) is 0. The van der Waals surface area contributed by atoms with E-state index in [2.05, 4.69) is 33.8 Å². The van der Waals surface area contributed by atoms with Gasteiger partial charge in [0.25, 0.3) is 0 Å². The Balaban J connectivity index is 1.67. The van der Waals surface area contributed by atoms with Crippen LogP contribution in [0, 0.1) is 34.0 Å². The zero-order valence-electron chi connectivity index (χ0n) is 19.3. The molecule has 166 valence electrons. The molecule has 29 heavy (non-hydrogen) atoms. The molecular weight excluding hydrogens is 383 g/mol. The number of phosphoric ester groups is 1. The lowest BCUT2D eigenvalue weighted by atomic mass is 9.40. The predicted molar refractivity (Wildman–Crippen MR) is 117 cm³/mol. The van der Waals surface area contributed by atoms with E-state index in [4.69, 9.17) is 13.6 Å². The third kappa shape index (κ3) is 3.41. The fraction of sp³-hybridized carbons (Fsp3) is 0.917. The maximum atomic E-state index is 13.2. The predicted octanol–water partition coefficient (Wildman–Crippen LogP) is 7.15. The number of allylic oxidation sites excluding steroid dienone is 2. The van der Waals surface area contributed by atoms with Crippen molar-refractivity contribution in [1.82, 2.24) is 0 Å². The van der Waals surface area contributed by atoms with E-state index in [1.54, 1.807) is 5.57 Å². The molecule has 0 saturated heterocycles. The molecule has 4 rings (SSSR count). The molecule has 1 spiro atoms. The lowest BCUT2D eigenvalue weighted by molar-refractivity contribution is -0.176. The van der Waals surface area contributed by atoms with Gasteiger partial charge in [0.15, 0.2) is 0 Å². The van der Waals surface area contributed by atoms with Crippen molar-refractivity contribution in [1.29, 1.82) is 0 Å². The summed E-state index contributed by atoms with van der Waals surface area (Å²) in [4.78, 5) is 0. The number of hydrogen-bond acceptors (Lipinski definition) is 4. The van der Waals surface area contributed by atoms with Gasteiger partial charge in [-0.2, -0.15) is 0 Å². The van der Waals surface area contributed by atoms with Gasteiger partial charge >= 0.3 is 7.82 Å². The van der Waals surface area contributed by atoms with Crippen LogP contribution in [0.15, 0.2) is 11.6 Å². The second-order valence-corrected chi connectivity index (χ2v) is 12.7. The van der Waals surface area contributed by atoms with Crippen molar-refractivity contribution in [2.75, 3.05) is 13.2 Å². The Labute approximate surface area is 177 Å². The highest BCUT2D eigenvalue weighted by molar-refractivity contribution is 7.48. The first-order valence-corrected chi connectivity index (χ1v) is 13.3. The average Bonchev–Trinajstić information content (AvgIpc) is 2.93. The molecule has 2 bridgehead atoms. The second kappa shape index (κ2) is 7.47. The maximum absolute atomic E-state index is 13.2.